The summed E-state index contributed by atoms with van der Waals surface area (Å²) in [5.41, 5.74) is 1.05. The highest BCUT2D eigenvalue weighted by Crippen LogP contribution is 2.19. The van der Waals surface area contributed by atoms with E-state index in [1.54, 1.807) is 36.5 Å². The molecule has 0 fully saturated rings. The molecule has 0 unspecified atom stereocenters. The summed E-state index contributed by atoms with van der Waals surface area (Å²) >= 11 is 0. The first kappa shape index (κ1) is 17.7. The summed E-state index contributed by atoms with van der Waals surface area (Å²) in [7, 11) is 1.53. The molecule has 1 aromatic heterocycles. The van der Waals surface area contributed by atoms with E-state index in [0.29, 0.717) is 42.6 Å². The van der Waals surface area contributed by atoms with Crippen molar-refractivity contribution < 1.29 is 19.4 Å². The third-order valence-electron chi connectivity index (χ3n) is 3.16. The maximum atomic E-state index is 12.3. The number of methoxy groups -OCH3 is 1. The van der Waals surface area contributed by atoms with E-state index in [2.05, 4.69) is 15.6 Å². The number of nitrogens with one attached hydrogen (secondary N) is 2. The summed E-state index contributed by atoms with van der Waals surface area (Å²) in [6.45, 7) is 1.40. The van der Waals surface area contributed by atoms with Crippen molar-refractivity contribution in [2.75, 3.05) is 44.1 Å². The van der Waals surface area contributed by atoms with E-state index in [-0.39, 0.29) is 12.5 Å². The summed E-state index contributed by atoms with van der Waals surface area (Å²) in [5, 5.41) is 14.5. The van der Waals surface area contributed by atoms with E-state index in [9.17, 15) is 4.79 Å². The number of ether oxygens (including phenoxy) is 2. The Kier molecular flexibility index (Phi) is 7.00. The Labute approximate surface area is 140 Å². The molecule has 0 aliphatic rings. The minimum absolute atomic E-state index is 0.0127. The summed E-state index contributed by atoms with van der Waals surface area (Å²) in [5.74, 6) is 0.939. The molecule has 7 nitrogen and oxygen atoms in total. The lowest BCUT2D eigenvalue weighted by Gasteiger charge is -2.10. The maximum Gasteiger partial charge on any atom is 0.259 e. The first-order valence-electron chi connectivity index (χ1n) is 7.57. The van der Waals surface area contributed by atoms with Crippen LogP contribution in [0.1, 0.15) is 10.4 Å². The van der Waals surface area contributed by atoms with Gasteiger partial charge in [0.1, 0.15) is 11.6 Å². The van der Waals surface area contributed by atoms with Gasteiger partial charge in [-0.1, -0.05) is 12.1 Å². The average molecular weight is 331 g/mol. The molecule has 0 aliphatic carbocycles. The van der Waals surface area contributed by atoms with Crippen LogP contribution < -0.4 is 15.4 Å². The Morgan fingerprint density at radius 2 is 2.04 bits per heavy atom. The molecule has 1 amide bonds. The van der Waals surface area contributed by atoms with Crippen molar-refractivity contribution in [3.63, 3.8) is 0 Å². The van der Waals surface area contributed by atoms with Gasteiger partial charge < -0.3 is 25.2 Å². The second kappa shape index (κ2) is 9.49. The Morgan fingerprint density at radius 1 is 1.21 bits per heavy atom. The van der Waals surface area contributed by atoms with Crippen molar-refractivity contribution in [2.24, 2.45) is 0 Å². The molecule has 1 aromatic carbocycles. The number of carbonyl (C=O) groups is 1. The van der Waals surface area contributed by atoms with Crippen LogP contribution in [-0.4, -0.2) is 49.5 Å². The van der Waals surface area contributed by atoms with E-state index >= 15 is 0 Å². The molecule has 24 heavy (non-hydrogen) atoms. The van der Waals surface area contributed by atoms with Crippen molar-refractivity contribution in [1.82, 2.24) is 4.98 Å². The molecule has 7 heteroatoms. The smallest absolute Gasteiger partial charge is 0.259 e. The molecule has 0 atom stereocenters. The number of aliphatic hydroxyl groups is 1. The molecule has 0 saturated heterocycles. The Balaban J connectivity index is 1.88. The van der Waals surface area contributed by atoms with Crippen molar-refractivity contribution in [3.8, 4) is 5.75 Å². The number of anilines is 2. The van der Waals surface area contributed by atoms with Crippen LogP contribution in [0.5, 0.6) is 5.75 Å². The Morgan fingerprint density at radius 3 is 2.75 bits per heavy atom. The number of para-hydroxylation sites is 1. The molecule has 0 spiro atoms. The maximum absolute atomic E-state index is 12.3. The molecule has 3 N–H and O–H groups in total. The number of aromatic nitrogens is 1. The molecule has 0 aliphatic heterocycles. The molecule has 0 saturated carbocycles. The fourth-order valence-corrected chi connectivity index (χ4v) is 2.02. The Hall–Kier alpha value is -2.64. The van der Waals surface area contributed by atoms with Gasteiger partial charge in [0.2, 0.25) is 0 Å². The van der Waals surface area contributed by atoms with Crippen LogP contribution in [0.25, 0.3) is 0 Å². The van der Waals surface area contributed by atoms with Gasteiger partial charge in [0.25, 0.3) is 5.91 Å². The summed E-state index contributed by atoms with van der Waals surface area (Å²) in [4.78, 5) is 16.5. The number of pyridine rings is 1. The van der Waals surface area contributed by atoms with Crippen LogP contribution >= 0.6 is 0 Å². The minimum atomic E-state index is -0.257. The number of carbonyl (C=O) groups excluding carboxylic acids is 1. The second-order valence-electron chi connectivity index (χ2n) is 4.85. The van der Waals surface area contributed by atoms with Crippen LogP contribution in [-0.2, 0) is 4.74 Å². The third-order valence-corrected chi connectivity index (χ3v) is 3.16. The molecule has 0 radical (unpaired) electrons. The van der Waals surface area contributed by atoms with Crippen LogP contribution in [0.3, 0.4) is 0 Å². The number of hydrogen-bond acceptors (Lipinski definition) is 6. The van der Waals surface area contributed by atoms with Crippen LogP contribution in [0.2, 0.25) is 0 Å². The molecule has 1 heterocycles. The number of hydrogen-bond donors (Lipinski definition) is 3. The van der Waals surface area contributed by atoms with E-state index in [1.165, 1.54) is 7.11 Å². The van der Waals surface area contributed by atoms with E-state index in [0.717, 1.165) is 0 Å². The van der Waals surface area contributed by atoms with Crippen molar-refractivity contribution >= 4 is 17.4 Å². The average Bonchev–Trinajstić information content (AvgIpc) is 2.63. The number of nitrogens with zero attached hydrogens (tertiary/aromatic N) is 1. The lowest BCUT2D eigenvalue weighted by molar-refractivity contribution is 0.0992. The standard InChI is InChI=1S/C17H21N3O4/c1-23-15-5-3-2-4-14(15)17(22)20-13-6-7-16(19-12-13)18-8-10-24-11-9-21/h2-7,12,21H,8-11H2,1H3,(H,18,19)(H,20,22). The van der Waals surface area contributed by atoms with Gasteiger partial charge in [-0.05, 0) is 24.3 Å². The zero-order valence-electron chi connectivity index (χ0n) is 13.5. The highest BCUT2D eigenvalue weighted by atomic mass is 16.5. The van der Waals surface area contributed by atoms with Crippen molar-refractivity contribution in [2.45, 2.75) is 0 Å². The van der Waals surface area contributed by atoms with Gasteiger partial charge in [0.05, 0.1) is 44.4 Å². The summed E-state index contributed by atoms with van der Waals surface area (Å²) in [6.07, 6.45) is 1.57. The monoisotopic (exact) mass is 331 g/mol. The zero-order valence-corrected chi connectivity index (χ0v) is 13.5. The molecule has 128 valence electrons. The first-order valence-corrected chi connectivity index (χ1v) is 7.57. The normalized spacial score (nSPS) is 10.2. The van der Waals surface area contributed by atoms with Gasteiger partial charge in [0, 0.05) is 6.54 Å². The van der Waals surface area contributed by atoms with Crippen molar-refractivity contribution in [3.05, 3.63) is 48.2 Å². The van der Waals surface area contributed by atoms with E-state index in [4.69, 9.17) is 14.6 Å². The molecular formula is C17H21N3O4. The van der Waals surface area contributed by atoms with Crippen molar-refractivity contribution in [1.29, 1.82) is 0 Å². The van der Waals surface area contributed by atoms with Gasteiger partial charge in [0.15, 0.2) is 0 Å². The van der Waals surface area contributed by atoms with Crippen LogP contribution in [0, 0.1) is 0 Å². The fourth-order valence-electron chi connectivity index (χ4n) is 2.02. The van der Waals surface area contributed by atoms with Crippen LogP contribution in [0.15, 0.2) is 42.6 Å². The predicted molar refractivity (Wildman–Crippen MR) is 91.6 cm³/mol. The molecule has 2 aromatic rings. The lowest BCUT2D eigenvalue weighted by atomic mass is 10.2. The minimum Gasteiger partial charge on any atom is -0.496 e. The summed E-state index contributed by atoms with van der Waals surface area (Å²) < 4.78 is 10.3. The van der Waals surface area contributed by atoms with Gasteiger partial charge in [-0.25, -0.2) is 4.98 Å². The van der Waals surface area contributed by atoms with Crippen LogP contribution in [0.4, 0.5) is 11.5 Å². The number of benzene rings is 1. The molecule has 0 bridgehead atoms. The number of rotatable bonds is 9. The number of amides is 1. The molecular weight excluding hydrogens is 310 g/mol. The predicted octanol–water partition coefficient (Wildman–Crippen LogP) is 1.76. The van der Waals surface area contributed by atoms with E-state index < -0.39 is 0 Å². The topological polar surface area (TPSA) is 92.7 Å². The quantitative estimate of drug-likeness (QED) is 0.606. The Bertz CT molecular complexity index is 647. The van der Waals surface area contributed by atoms with Gasteiger partial charge >= 0.3 is 0 Å². The third kappa shape index (κ3) is 5.22. The fraction of sp³-hybridized carbons (Fsp3) is 0.294. The SMILES string of the molecule is COc1ccccc1C(=O)Nc1ccc(NCCOCCO)nc1. The summed E-state index contributed by atoms with van der Waals surface area (Å²) in [6, 6.07) is 10.5. The van der Waals surface area contributed by atoms with Gasteiger partial charge in [-0.2, -0.15) is 0 Å². The first-order chi connectivity index (χ1) is 11.7. The highest BCUT2D eigenvalue weighted by Gasteiger charge is 2.11. The van der Waals surface area contributed by atoms with Gasteiger partial charge in [-0.15, -0.1) is 0 Å². The van der Waals surface area contributed by atoms with Gasteiger partial charge in [-0.3, -0.25) is 4.79 Å². The van der Waals surface area contributed by atoms with E-state index in [1.807, 2.05) is 6.07 Å². The second-order valence-corrected chi connectivity index (χ2v) is 4.85. The zero-order chi connectivity index (χ0) is 17.2. The highest BCUT2D eigenvalue weighted by molar-refractivity contribution is 6.06. The molecule has 2 rings (SSSR count). The largest absolute Gasteiger partial charge is 0.496 e. The number of aliphatic hydroxyl groups excluding tert-OH is 1. The lowest BCUT2D eigenvalue weighted by Crippen LogP contribution is -2.14.